The molecule has 0 spiro atoms. The summed E-state index contributed by atoms with van der Waals surface area (Å²) in [5.41, 5.74) is -2.39. The van der Waals surface area contributed by atoms with Crippen LogP contribution in [0.1, 0.15) is 20.7 Å². The summed E-state index contributed by atoms with van der Waals surface area (Å²) < 4.78 is 47.6. The van der Waals surface area contributed by atoms with Gasteiger partial charge in [-0.1, -0.05) is 0 Å². The number of carbonyl (C=O) groups is 2. The van der Waals surface area contributed by atoms with Crippen LogP contribution in [0.15, 0.2) is 52.9 Å². The topological polar surface area (TPSA) is 123 Å². The Labute approximate surface area is 188 Å². The van der Waals surface area contributed by atoms with E-state index in [0.29, 0.717) is 17.7 Å². The normalized spacial score (nSPS) is 10.9. The molecule has 172 valence electrons. The van der Waals surface area contributed by atoms with Crippen molar-refractivity contribution in [2.45, 2.75) is 0 Å². The third-order valence-corrected chi connectivity index (χ3v) is 5.14. The largest absolute Gasteiger partial charge is 0.478 e. The molecule has 0 bridgehead atoms. The van der Waals surface area contributed by atoms with E-state index < -0.39 is 56.6 Å². The first kappa shape index (κ1) is 22.5. The molecule has 0 aliphatic carbocycles. The number of aromatic carboxylic acids is 1. The minimum atomic E-state index is -1.70. The first-order valence-electron chi connectivity index (χ1n) is 9.58. The molecule has 0 saturated heterocycles. The highest BCUT2D eigenvalue weighted by Crippen LogP contribution is 2.41. The monoisotopic (exact) mass is 470 g/mol. The molecule has 0 aliphatic heterocycles. The average molecular weight is 470 g/mol. The molecule has 1 amide bonds. The maximum Gasteiger partial charge on any atom is 0.338 e. The third-order valence-electron chi connectivity index (χ3n) is 5.14. The van der Waals surface area contributed by atoms with Crippen LogP contribution in [0.25, 0.3) is 33.4 Å². The van der Waals surface area contributed by atoms with Gasteiger partial charge in [-0.2, -0.15) is 0 Å². The number of furan rings is 1. The van der Waals surface area contributed by atoms with Crippen LogP contribution in [0.4, 0.5) is 18.9 Å². The molecule has 4 aromatic rings. The lowest BCUT2D eigenvalue weighted by atomic mass is 9.97. The lowest BCUT2D eigenvalue weighted by Gasteiger charge is -2.08. The number of benzene rings is 3. The van der Waals surface area contributed by atoms with Gasteiger partial charge in [0.2, 0.25) is 0 Å². The quantitative estimate of drug-likeness (QED) is 0.307. The predicted molar refractivity (Wildman–Crippen MR) is 114 cm³/mol. The van der Waals surface area contributed by atoms with Crippen molar-refractivity contribution in [2.24, 2.45) is 0 Å². The Morgan fingerprint density at radius 2 is 1.68 bits per heavy atom. The van der Waals surface area contributed by atoms with Crippen LogP contribution in [-0.4, -0.2) is 29.0 Å². The average Bonchev–Trinajstić information content (AvgIpc) is 3.16. The second-order valence-corrected chi connectivity index (χ2v) is 7.13. The molecule has 11 heteroatoms. The first-order valence-corrected chi connectivity index (χ1v) is 9.58. The van der Waals surface area contributed by atoms with Crippen molar-refractivity contribution in [3.8, 4) is 22.5 Å². The van der Waals surface area contributed by atoms with Crippen molar-refractivity contribution in [2.75, 3.05) is 7.05 Å². The van der Waals surface area contributed by atoms with E-state index in [4.69, 9.17) is 4.42 Å². The van der Waals surface area contributed by atoms with E-state index in [2.05, 4.69) is 5.32 Å². The van der Waals surface area contributed by atoms with E-state index >= 15 is 0 Å². The lowest BCUT2D eigenvalue weighted by molar-refractivity contribution is -0.384. The standard InChI is InChI=1S/C23H13F3N2O6/c1-27-22(29)20-15-7-13(12-6-14(23(30)31)17(26)8-16(12)25)18(28(32)33)9-19(15)34-21(20)10-2-4-11(24)5-3-10/h2-9H,1H3,(H,27,29)(H,30,31). The van der Waals surface area contributed by atoms with Crippen molar-refractivity contribution in [1.29, 1.82) is 0 Å². The fraction of sp³-hybridized carbons (Fsp3) is 0.0435. The highest BCUT2D eigenvalue weighted by Gasteiger charge is 2.28. The number of carboxylic acid groups (broad SMARTS) is 1. The Bertz CT molecular complexity index is 1500. The Balaban J connectivity index is 2.08. The van der Waals surface area contributed by atoms with Gasteiger partial charge in [0.1, 0.15) is 28.8 Å². The summed E-state index contributed by atoms with van der Waals surface area (Å²) in [7, 11) is 1.33. The second-order valence-electron chi connectivity index (χ2n) is 7.13. The first-order chi connectivity index (χ1) is 16.1. The smallest absolute Gasteiger partial charge is 0.338 e. The number of fused-ring (bicyclic) bond motifs is 1. The van der Waals surface area contributed by atoms with Gasteiger partial charge in [-0.3, -0.25) is 14.9 Å². The molecule has 0 radical (unpaired) electrons. The highest BCUT2D eigenvalue weighted by atomic mass is 19.1. The lowest BCUT2D eigenvalue weighted by Crippen LogP contribution is -2.18. The van der Waals surface area contributed by atoms with E-state index in [9.17, 15) is 38.0 Å². The molecule has 34 heavy (non-hydrogen) atoms. The number of nitrogens with one attached hydrogen (secondary N) is 1. The number of hydrogen-bond donors (Lipinski definition) is 2. The third kappa shape index (κ3) is 3.72. The summed E-state index contributed by atoms with van der Waals surface area (Å²) in [4.78, 5) is 34.9. The van der Waals surface area contributed by atoms with Crippen molar-refractivity contribution in [3.63, 3.8) is 0 Å². The molecule has 0 aliphatic rings. The van der Waals surface area contributed by atoms with Crippen molar-refractivity contribution in [1.82, 2.24) is 5.32 Å². The summed E-state index contributed by atoms with van der Waals surface area (Å²) in [6.07, 6.45) is 0. The molecular weight excluding hydrogens is 457 g/mol. The molecule has 0 saturated carbocycles. The molecule has 2 N–H and O–H groups in total. The summed E-state index contributed by atoms with van der Waals surface area (Å²) in [5, 5.41) is 23.4. The molecule has 0 fully saturated rings. The second kappa shape index (κ2) is 8.35. The summed E-state index contributed by atoms with van der Waals surface area (Å²) in [6.45, 7) is 0. The number of nitrogens with zero attached hydrogens (tertiary/aromatic N) is 1. The molecule has 0 atom stereocenters. The molecular formula is C23H13F3N2O6. The number of carboxylic acids is 1. The van der Waals surface area contributed by atoms with Crippen LogP contribution < -0.4 is 5.32 Å². The minimum absolute atomic E-state index is 0.0217. The van der Waals surface area contributed by atoms with E-state index in [1.165, 1.54) is 19.2 Å². The summed E-state index contributed by atoms with van der Waals surface area (Å²) in [6, 6.07) is 7.94. The van der Waals surface area contributed by atoms with E-state index in [-0.39, 0.29) is 22.3 Å². The molecule has 0 unspecified atom stereocenters. The Morgan fingerprint density at radius 1 is 1.00 bits per heavy atom. The van der Waals surface area contributed by atoms with Crippen LogP contribution >= 0.6 is 0 Å². The van der Waals surface area contributed by atoms with Crippen LogP contribution in [0.3, 0.4) is 0 Å². The molecule has 3 aromatic carbocycles. The highest BCUT2D eigenvalue weighted by molar-refractivity contribution is 6.12. The van der Waals surface area contributed by atoms with Gasteiger partial charge in [-0.15, -0.1) is 0 Å². The molecule has 8 nitrogen and oxygen atoms in total. The number of nitro groups is 1. The Morgan fingerprint density at radius 3 is 2.26 bits per heavy atom. The van der Waals surface area contributed by atoms with Crippen LogP contribution in [0.5, 0.6) is 0 Å². The van der Waals surface area contributed by atoms with Crippen LogP contribution in [0, 0.1) is 27.6 Å². The Hall–Kier alpha value is -4.67. The number of nitro benzene ring substituents is 1. The molecule has 1 aromatic heterocycles. The van der Waals surface area contributed by atoms with Gasteiger partial charge >= 0.3 is 5.97 Å². The van der Waals surface area contributed by atoms with Gasteiger partial charge in [0.05, 0.1) is 27.7 Å². The van der Waals surface area contributed by atoms with Crippen LogP contribution in [0.2, 0.25) is 0 Å². The van der Waals surface area contributed by atoms with Gasteiger partial charge in [0.25, 0.3) is 11.6 Å². The summed E-state index contributed by atoms with van der Waals surface area (Å²) in [5.74, 6) is -5.51. The van der Waals surface area contributed by atoms with Crippen molar-refractivity contribution >= 4 is 28.5 Å². The van der Waals surface area contributed by atoms with E-state index in [1.54, 1.807) is 0 Å². The molecule has 1 heterocycles. The van der Waals surface area contributed by atoms with Crippen molar-refractivity contribution < 1.29 is 37.2 Å². The fourth-order valence-corrected chi connectivity index (χ4v) is 3.57. The zero-order valence-electron chi connectivity index (χ0n) is 17.2. The zero-order valence-corrected chi connectivity index (χ0v) is 17.2. The predicted octanol–water partition coefficient (Wildman–Crippen LogP) is 5.15. The Kier molecular flexibility index (Phi) is 5.53. The number of hydrogen-bond acceptors (Lipinski definition) is 5. The fourth-order valence-electron chi connectivity index (χ4n) is 3.57. The number of carbonyl (C=O) groups excluding carboxylic acids is 1. The van der Waals surface area contributed by atoms with Crippen molar-refractivity contribution in [3.05, 3.63) is 87.2 Å². The number of amides is 1. The van der Waals surface area contributed by atoms with E-state index in [0.717, 1.165) is 24.3 Å². The van der Waals surface area contributed by atoms with Gasteiger partial charge in [-0.05, 0) is 36.4 Å². The molecule has 4 rings (SSSR count). The van der Waals surface area contributed by atoms with Gasteiger partial charge < -0.3 is 14.8 Å². The van der Waals surface area contributed by atoms with Gasteiger partial charge in [0, 0.05) is 29.6 Å². The number of halogens is 3. The van der Waals surface area contributed by atoms with Crippen LogP contribution in [-0.2, 0) is 0 Å². The summed E-state index contributed by atoms with van der Waals surface area (Å²) >= 11 is 0. The zero-order chi connectivity index (χ0) is 24.7. The van der Waals surface area contributed by atoms with E-state index in [1.807, 2.05) is 0 Å². The SMILES string of the molecule is CNC(=O)c1c(-c2ccc(F)cc2)oc2cc([N+](=O)[O-])c(-c3cc(C(=O)O)c(F)cc3F)cc12. The minimum Gasteiger partial charge on any atom is -0.478 e. The van der Waals surface area contributed by atoms with Gasteiger partial charge in [-0.25, -0.2) is 18.0 Å². The maximum absolute atomic E-state index is 14.7. The van der Waals surface area contributed by atoms with Gasteiger partial charge in [0.15, 0.2) is 0 Å². The number of rotatable bonds is 5. The maximum atomic E-state index is 14.7.